The predicted octanol–water partition coefficient (Wildman–Crippen LogP) is 4.67. The van der Waals surface area contributed by atoms with E-state index in [9.17, 15) is 10.1 Å². The van der Waals surface area contributed by atoms with Crippen LogP contribution in [0, 0.1) is 45.3 Å². The molecule has 1 saturated heterocycles. The molecule has 0 aromatic rings. The van der Waals surface area contributed by atoms with E-state index < -0.39 is 5.41 Å². The minimum absolute atomic E-state index is 0.0476. The number of hydrogen-bond donors (Lipinski definition) is 0. The third-order valence-corrected chi connectivity index (χ3v) is 9.05. The maximum absolute atomic E-state index is 13.6. The van der Waals surface area contributed by atoms with Crippen LogP contribution in [0.2, 0.25) is 0 Å². The zero-order valence-corrected chi connectivity index (χ0v) is 16.3. The molecule has 3 heteroatoms. The first-order valence-electron chi connectivity index (χ1n) is 9.89. The van der Waals surface area contributed by atoms with Crippen LogP contribution in [-0.4, -0.2) is 18.5 Å². The molecule has 3 fully saturated rings. The summed E-state index contributed by atoms with van der Waals surface area (Å²) >= 11 is 0. The molecule has 4 rings (SSSR count). The molecule has 6 unspecified atom stereocenters. The van der Waals surface area contributed by atoms with Crippen molar-refractivity contribution in [3.05, 3.63) is 11.1 Å². The maximum atomic E-state index is 13.6. The van der Waals surface area contributed by atoms with Gasteiger partial charge in [-0.1, -0.05) is 38.8 Å². The molecule has 1 aliphatic heterocycles. The summed E-state index contributed by atoms with van der Waals surface area (Å²) in [5, 5.41) is 9.86. The van der Waals surface area contributed by atoms with E-state index in [4.69, 9.17) is 4.74 Å². The second kappa shape index (κ2) is 5.19. The number of nitriles is 1. The fourth-order valence-corrected chi connectivity index (χ4v) is 6.48. The summed E-state index contributed by atoms with van der Waals surface area (Å²) < 4.78 is 5.80. The standard InChI is InChI=1S/C22H31NO2/c1-13-6-7-21(4)10-17-15-12-25-18(15)8-14(11-23)22(17,5)19(24)9-16(13)20(21,2)3/h14-15,17-18H,6-10,12H2,1-5H3. The predicted molar refractivity (Wildman–Crippen MR) is 96.6 cm³/mol. The van der Waals surface area contributed by atoms with Crippen molar-refractivity contribution in [2.75, 3.05) is 6.61 Å². The van der Waals surface area contributed by atoms with Gasteiger partial charge in [0.25, 0.3) is 0 Å². The highest BCUT2D eigenvalue weighted by atomic mass is 16.5. The van der Waals surface area contributed by atoms with Gasteiger partial charge in [0, 0.05) is 17.8 Å². The van der Waals surface area contributed by atoms with Crippen LogP contribution in [0.3, 0.4) is 0 Å². The molecular weight excluding hydrogens is 310 g/mol. The summed E-state index contributed by atoms with van der Waals surface area (Å²) in [4.78, 5) is 13.6. The van der Waals surface area contributed by atoms with Crippen LogP contribution in [0.5, 0.6) is 0 Å². The smallest absolute Gasteiger partial charge is 0.144 e. The lowest BCUT2D eigenvalue weighted by atomic mass is 9.44. The van der Waals surface area contributed by atoms with Gasteiger partial charge in [-0.25, -0.2) is 0 Å². The molecule has 6 atom stereocenters. The van der Waals surface area contributed by atoms with Crippen LogP contribution in [0.15, 0.2) is 11.1 Å². The van der Waals surface area contributed by atoms with Crippen molar-refractivity contribution in [2.45, 2.75) is 72.8 Å². The van der Waals surface area contributed by atoms with Crippen LogP contribution in [0.1, 0.15) is 66.7 Å². The Morgan fingerprint density at radius 3 is 2.56 bits per heavy atom. The SMILES string of the molecule is CC1=C2CC(=O)C3(C)C(C#N)CC4OCC4C3CC(C)(CC1)C2(C)C. The number of rotatable bonds is 0. The van der Waals surface area contributed by atoms with E-state index in [2.05, 4.69) is 40.7 Å². The van der Waals surface area contributed by atoms with Crippen molar-refractivity contribution in [2.24, 2.45) is 34.0 Å². The van der Waals surface area contributed by atoms with Crippen molar-refractivity contribution >= 4 is 5.78 Å². The van der Waals surface area contributed by atoms with E-state index in [1.54, 1.807) is 0 Å². The largest absolute Gasteiger partial charge is 0.377 e. The third kappa shape index (κ3) is 2.04. The Morgan fingerprint density at radius 1 is 1.24 bits per heavy atom. The third-order valence-electron chi connectivity index (χ3n) is 9.05. The molecule has 0 radical (unpaired) electrons. The quantitative estimate of drug-likeness (QED) is 0.601. The zero-order valence-electron chi connectivity index (χ0n) is 16.3. The molecule has 136 valence electrons. The number of fused-ring (bicyclic) bond motifs is 5. The zero-order chi connectivity index (χ0) is 18.2. The molecule has 3 nitrogen and oxygen atoms in total. The molecule has 0 N–H and O–H groups in total. The molecule has 0 aromatic carbocycles. The lowest BCUT2D eigenvalue weighted by Gasteiger charge is -2.62. The molecule has 1 heterocycles. The molecule has 0 spiro atoms. The number of carbonyl (C=O) groups excluding carboxylic acids is 1. The first kappa shape index (κ1) is 17.3. The number of Topliss-reactive ketones (excluding diaryl/α,β-unsaturated/α-hetero) is 1. The van der Waals surface area contributed by atoms with E-state index in [0.29, 0.717) is 18.1 Å². The number of allylic oxidation sites excluding steroid dienone is 2. The minimum atomic E-state index is -0.514. The van der Waals surface area contributed by atoms with Crippen LogP contribution in [-0.2, 0) is 9.53 Å². The van der Waals surface area contributed by atoms with Crippen LogP contribution >= 0.6 is 0 Å². The van der Waals surface area contributed by atoms with Gasteiger partial charge in [-0.15, -0.1) is 0 Å². The van der Waals surface area contributed by atoms with Gasteiger partial charge in [0.2, 0.25) is 0 Å². The van der Waals surface area contributed by atoms with Gasteiger partial charge in [0.05, 0.1) is 24.7 Å². The number of carbonyl (C=O) groups is 1. The van der Waals surface area contributed by atoms with Crippen molar-refractivity contribution < 1.29 is 9.53 Å². The Labute approximate surface area is 151 Å². The number of ether oxygens (including phenoxy) is 1. The molecule has 4 aliphatic rings. The molecule has 2 saturated carbocycles. The Balaban J connectivity index is 1.87. The average molecular weight is 341 g/mol. The number of hydrogen-bond acceptors (Lipinski definition) is 3. The molecule has 2 bridgehead atoms. The molecule has 0 amide bonds. The summed E-state index contributed by atoms with van der Waals surface area (Å²) in [5.74, 6) is 0.833. The van der Waals surface area contributed by atoms with Crippen molar-refractivity contribution in [3.8, 4) is 6.07 Å². The maximum Gasteiger partial charge on any atom is 0.144 e. The van der Waals surface area contributed by atoms with Gasteiger partial charge in [0.15, 0.2) is 0 Å². The highest BCUT2D eigenvalue weighted by Crippen LogP contribution is 2.65. The van der Waals surface area contributed by atoms with Crippen molar-refractivity contribution in [3.63, 3.8) is 0 Å². The van der Waals surface area contributed by atoms with Crippen LogP contribution in [0.25, 0.3) is 0 Å². The Morgan fingerprint density at radius 2 is 1.96 bits per heavy atom. The minimum Gasteiger partial charge on any atom is -0.377 e. The topological polar surface area (TPSA) is 50.1 Å². The van der Waals surface area contributed by atoms with Gasteiger partial charge in [-0.3, -0.25) is 4.79 Å². The fraction of sp³-hybridized carbons (Fsp3) is 0.818. The van der Waals surface area contributed by atoms with E-state index in [1.807, 2.05) is 0 Å². The number of ketones is 1. The van der Waals surface area contributed by atoms with E-state index in [0.717, 1.165) is 25.9 Å². The van der Waals surface area contributed by atoms with Gasteiger partial charge in [-0.05, 0) is 49.4 Å². The van der Waals surface area contributed by atoms with E-state index in [-0.39, 0.29) is 28.8 Å². The lowest BCUT2D eigenvalue weighted by Crippen LogP contribution is -2.62. The monoisotopic (exact) mass is 341 g/mol. The van der Waals surface area contributed by atoms with Gasteiger partial charge in [-0.2, -0.15) is 5.26 Å². The van der Waals surface area contributed by atoms with Crippen molar-refractivity contribution in [1.82, 2.24) is 0 Å². The normalized spacial score (nSPS) is 48.4. The van der Waals surface area contributed by atoms with E-state index >= 15 is 0 Å². The fourth-order valence-electron chi connectivity index (χ4n) is 6.48. The Kier molecular flexibility index (Phi) is 3.59. The number of nitrogens with zero attached hydrogens (tertiary/aromatic N) is 1. The van der Waals surface area contributed by atoms with E-state index in [1.165, 1.54) is 17.6 Å². The summed E-state index contributed by atoms with van der Waals surface area (Å²) in [6.07, 6.45) is 4.81. The van der Waals surface area contributed by atoms with Gasteiger partial charge < -0.3 is 4.74 Å². The lowest BCUT2D eigenvalue weighted by molar-refractivity contribution is -0.213. The second-order valence-corrected chi connectivity index (χ2v) is 10.1. The Bertz CT molecular complexity index is 699. The van der Waals surface area contributed by atoms with Crippen LogP contribution in [0.4, 0.5) is 0 Å². The highest BCUT2D eigenvalue weighted by molar-refractivity contribution is 5.88. The summed E-state index contributed by atoms with van der Waals surface area (Å²) in [5.41, 5.74) is 2.49. The van der Waals surface area contributed by atoms with Gasteiger partial charge in [0.1, 0.15) is 5.78 Å². The first-order chi connectivity index (χ1) is 11.6. The molecular formula is C22H31NO2. The Hall–Kier alpha value is -1.14. The molecule has 3 aliphatic carbocycles. The average Bonchev–Trinajstić information content (AvgIpc) is 2.52. The summed E-state index contributed by atoms with van der Waals surface area (Å²) in [6, 6.07) is 2.50. The highest BCUT2D eigenvalue weighted by Gasteiger charge is 2.63. The second-order valence-electron chi connectivity index (χ2n) is 10.1. The summed E-state index contributed by atoms with van der Waals surface area (Å²) in [7, 11) is 0. The molecule has 25 heavy (non-hydrogen) atoms. The van der Waals surface area contributed by atoms with Gasteiger partial charge >= 0.3 is 0 Å². The van der Waals surface area contributed by atoms with Crippen LogP contribution < -0.4 is 0 Å². The first-order valence-corrected chi connectivity index (χ1v) is 9.89. The summed E-state index contributed by atoms with van der Waals surface area (Å²) in [6.45, 7) is 12.2. The van der Waals surface area contributed by atoms with Crippen molar-refractivity contribution in [1.29, 1.82) is 5.26 Å². The molecule has 0 aromatic heterocycles.